The maximum atomic E-state index is 11.2. The number of methoxy groups -OCH3 is 1. The first-order valence-corrected chi connectivity index (χ1v) is 6.20. The molecule has 0 unspecified atom stereocenters. The molecule has 0 saturated carbocycles. The van der Waals surface area contributed by atoms with Crippen LogP contribution in [0.15, 0.2) is 0 Å². The van der Waals surface area contributed by atoms with Crippen molar-refractivity contribution in [1.29, 1.82) is 0 Å². The lowest BCUT2D eigenvalue weighted by Gasteiger charge is -2.08. The molecule has 0 aliphatic rings. The van der Waals surface area contributed by atoms with Gasteiger partial charge in [-0.3, -0.25) is 9.63 Å². The SMILES string of the molecule is COC(=O)CCS(=O)(=O)NOCC(C)C. The Bertz CT molecular complexity index is 285. The third kappa shape index (κ3) is 8.34. The molecule has 1 N–H and O–H groups in total. The average molecular weight is 239 g/mol. The zero-order valence-electron chi connectivity index (χ0n) is 9.15. The van der Waals surface area contributed by atoms with Gasteiger partial charge in [0.1, 0.15) is 0 Å². The van der Waals surface area contributed by atoms with Gasteiger partial charge in [0.15, 0.2) is 0 Å². The van der Waals surface area contributed by atoms with Gasteiger partial charge < -0.3 is 4.74 Å². The van der Waals surface area contributed by atoms with Crippen LogP contribution in [0.25, 0.3) is 0 Å². The second-order valence-electron chi connectivity index (χ2n) is 3.43. The van der Waals surface area contributed by atoms with Crippen LogP contribution in [0, 0.1) is 5.92 Å². The predicted molar refractivity (Wildman–Crippen MR) is 54.3 cm³/mol. The molecular weight excluding hydrogens is 222 g/mol. The minimum atomic E-state index is -3.56. The first-order valence-electron chi connectivity index (χ1n) is 4.55. The zero-order chi connectivity index (χ0) is 11.9. The summed E-state index contributed by atoms with van der Waals surface area (Å²) in [6, 6.07) is 0. The first-order chi connectivity index (χ1) is 6.87. The van der Waals surface area contributed by atoms with Gasteiger partial charge >= 0.3 is 5.97 Å². The quantitative estimate of drug-likeness (QED) is 0.501. The maximum Gasteiger partial charge on any atom is 0.306 e. The smallest absolute Gasteiger partial charge is 0.306 e. The van der Waals surface area contributed by atoms with E-state index in [1.54, 1.807) is 0 Å². The first kappa shape index (κ1) is 14.3. The number of hydrogen-bond acceptors (Lipinski definition) is 5. The number of nitrogens with one attached hydrogen (secondary N) is 1. The highest BCUT2D eigenvalue weighted by Gasteiger charge is 2.13. The maximum absolute atomic E-state index is 11.2. The van der Waals surface area contributed by atoms with Crippen molar-refractivity contribution in [1.82, 2.24) is 4.89 Å². The number of esters is 1. The summed E-state index contributed by atoms with van der Waals surface area (Å²) >= 11 is 0. The second-order valence-corrected chi connectivity index (χ2v) is 5.24. The topological polar surface area (TPSA) is 81.7 Å². The highest BCUT2D eigenvalue weighted by Crippen LogP contribution is 1.94. The van der Waals surface area contributed by atoms with E-state index >= 15 is 0 Å². The molecule has 0 fully saturated rings. The summed E-state index contributed by atoms with van der Waals surface area (Å²) < 4.78 is 26.7. The monoisotopic (exact) mass is 239 g/mol. The Morgan fingerprint density at radius 1 is 1.40 bits per heavy atom. The molecule has 0 radical (unpaired) electrons. The van der Waals surface area contributed by atoms with Gasteiger partial charge in [0.25, 0.3) is 0 Å². The molecule has 15 heavy (non-hydrogen) atoms. The summed E-state index contributed by atoms with van der Waals surface area (Å²) in [5.41, 5.74) is 0. The third-order valence-corrected chi connectivity index (χ3v) is 2.52. The van der Waals surface area contributed by atoms with Crippen LogP contribution in [-0.2, 0) is 24.4 Å². The molecule has 0 aromatic carbocycles. The highest BCUT2D eigenvalue weighted by atomic mass is 32.2. The molecule has 90 valence electrons. The fourth-order valence-corrected chi connectivity index (χ4v) is 1.42. The van der Waals surface area contributed by atoms with Crippen LogP contribution in [0.1, 0.15) is 20.3 Å². The van der Waals surface area contributed by atoms with Crippen molar-refractivity contribution < 1.29 is 22.8 Å². The average Bonchev–Trinajstić information content (AvgIpc) is 2.13. The van der Waals surface area contributed by atoms with Crippen molar-refractivity contribution >= 4 is 16.0 Å². The summed E-state index contributed by atoms with van der Waals surface area (Å²) in [7, 11) is -2.35. The minimum Gasteiger partial charge on any atom is -0.469 e. The molecule has 0 aromatic rings. The van der Waals surface area contributed by atoms with E-state index in [1.807, 2.05) is 18.7 Å². The van der Waals surface area contributed by atoms with Crippen LogP contribution in [0.2, 0.25) is 0 Å². The molecule has 0 amide bonds. The van der Waals surface area contributed by atoms with Crippen molar-refractivity contribution in [2.24, 2.45) is 5.92 Å². The number of carbonyl (C=O) groups is 1. The molecule has 0 heterocycles. The normalized spacial score (nSPS) is 11.7. The summed E-state index contributed by atoms with van der Waals surface area (Å²) in [6.07, 6.45) is -0.184. The summed E-state index contributed by atoms with van der Waals surface area (Å²) in [5.74, 6) is -0.671. The van der Waals surface area contributed by atoms with E-state index in [1.165, 1.54) is 7.11 Å². The molecule has 0 rings (SSSR count). The fourth-order valence-electron chi connectivity index (χ4n) is 0.652. The van der Waals surface area contributed by atoms with Crippen molar-refractivity contribution in [3.05, 3.63) is 0 Å². The van der Waals surface area contributed by atoms with Gasteiger partial charge in [0.2, 0.25) is 10.0 Å². The molecule has 6 nitrogen and oxygen atoms in total. The van der Waals surface area contributed by atoms with E-state index in [0.717, 1.165) is 0 Å². The molecular formula is C8H17NO5S. The van der Waals surface area contributed by atoms with Crippen molar-refractivity contribution in [2.45, 2.75) is 20.3 Å². The van der Waals surface area contributed by atoms with Crippen LogP contribution in [-0.4, -0.2) is 33.9 Å². The lowest BCUT2D eigenvalue weighted by molar-refractivity contribution is -0.140. The summed E-state index contributed by atoms with van der Waals surface area (Å²) in [5, 5.41) is 0. The molecule has 0 spiro atoms. The summed E-state index contributed by atoms with van der Waals surface area (Å²) in [4.78, 5) is 17.4. The lowest BCUT2D eigenvalue weighted by atomic mass is 10.2. The number of ether oxygens (including phenoxy) is 1. The van der Waals surface area contributed by atoms with Crippen molar-refractivity contribution in [3.8, 4) is 0 Å². The van der Waals surface area contributed by atoms with Crippen LogP contribution in [0.5, 0.6) is 0 Å². The molecule has 0 aliphatic carbocycles. The van der Waals surface area contributed by atoms with E-state index < -0.39 is 16.0 Å². The number of hydrogen-bond donors (Lipinski definition) is 1. The molecule has 0 aromatic heterocycles. The Morgan fingerprint density at radius 2 is 2.00 bits per heavy atom. The van der Waals surface area contributed by atoms with E-state index in [4.69, 9.17) is 4.84 Å². The Kier molecular flexibility index (Phi) is 6.46. The third-order valence-electron chi connectivity index (χ3n) is 1.41. The van der Waals surface area contributed by atoms with Crippen LogP contribution in [0.3, 0.4) is 0 Å². The van der Waals surface area contributed by atoms with E-state index in [2.05, 4.69) is 4.74 Å². The second kappa shape index (κ2) is 6.76. The molecule has 0 aliphatic heterocycles. The minimum absolute atomic E-state index is 0.184. The van der Waals surface area contributed by atoms with Gasteiger partial charge in [-0.1, -0.05) is 18.7 Å². The molecule has 7 heteroatoms. The zero-order valence-corrected chi connectivity index (χ0v) is 9.96. The van der Waals surface area contributed by atoms with Crippen LogP contribution in [0.4, 0.5) is 0 Å². The van der Waals surface area contributed by atoms with Crippen molar-refractivity contribution in [2.75, 3.05) is 19.5 Å². The Balaban J connectivity index is 3.83. The number of sulfonamides is 1. The largest absolute Gasteiger partial charge is 0.469 e. The lowest BCUT2D eigenvalue weighted by Crippen LogP contribution is -2.29. The van der Waals surface area contributed by atoms with Gasteiger partial charge in [-0.15, -0.1) is 0 Å². The van der Waals surface area contributed by atoms with Gasteiger partial charge in [0, 0.05) is 0 Å². The summed E-state index contributed by atoms with van der Waals surface area (Å²) in [6.45, 7) is 4.07. The molecule has 0 atom stereocenters. The van der Waals surface area contributed by atoms with Gasteiger partial charge in [-0.25, -0.2) is 8.42 Å². The predicted octanol–water partition coefficient (Wildman–Crippen LogP) is 0.0565. The van der Waals surface area contributed by atoms with Crippen molar-refractivity contribution in [3.63, 3.8) is 0 Å². The van der Waals surface area contributed by atoms with E-state index in [0.29, 0.717) is 0 Å². The standard InChI is InChI=1S/C8H17NO5S/c1-7(2)6-14-9-15(11,12)5-4-8(10)13-3/h7,9H,4-6H2,1-3H3. The van der Waals surface area contributed by atoms with Crippen LogP contribution < -0.4 is 4.89 Å². The number of carbonyl (C=O) groups excluding carboxylic acids is 1. The van der Waals surface area contributed by atoms with Gasteiger partial charge in [-0.2, -0.15) is 0 Å². The van der Waals surface area contributed by atoms with Gasteiger partial charge in [0.05, 0.1) is 25.9 Å². The van der Waals surface area contributed by atoms with E-state index in [9.17, 15) is 13.2 Å². The Hall–Kier alpha value is -0.660. The highest BCUT2D eigenvalue weighted by molar-refractivity contribution is 7.89. The Labute approximate surface area is 89.9 Å². The number of rotatable bonds is 7. The van der Waals surface area contributed by atoms with Crippen LogP contribution >= 0.6 is 0 Å². The Morgan fingerprint density at radius 3 is 2.47 bits per heavy atom. The van der Waals surface area contributed by atoms with Gasteiger partial charge in [-0.05, 0) is 5.92 Å². The molecule has 0 saturated heterocycles. The van der Waals surface area contributed by atoms with E-state index in [-0.39, 0.29) is 24.7 Å². The molecule has 0 bridgehead atoms. The fraction of sp³-hybridized carbons (Fsp3) is 0.875.